The zero-order chi connectivity index (χ0) is 6.24. The third kappa shape index (κ3) is 11.3. The van der Waals surface area contributed by atoms with Gasteiger partial charge in [-0.05, 0) is 12.8 Å². The molecule has 0 unspecified atom stereocenters. The van der Waals surface area contributed by atoms with Crippen LogP contribution in [0.5, 0.6) is 0 Å². The lowest BCUT2D eigenvalue weighted by Gasteiger charge is -1.91. The van der Waals surface area contributed by atoms with Crippen LogP contribution in [-0.2, 0) is 0 Å². The summed E-state index contributed by atoms with van der Waals surface area (Å²) in [6.45, 7) is 5.89. The molecule has 0 rings (SSSR count). The molecular weight excluding hydrogens is 115 g/mol. The first-order valence-corrected chi connectivity index (χ1v) is 3.52. The summed E-state index contributed by atoms with van der Waals surface area (Å²) >= 11 is 0. The van der Waals surface area contributed by atoms with E-state index in [2.05, 4.69) is 13.5 Å². The van der Waals surface area contributed by atoms with Gasteiger partial charge in [-0.15, -0.1) is 6.58 Å². The van der Waals surface area contributed by atoms with Crippen LogP contribution in [0.3, 0.4) is 0 Å². The molecule has 0 radical (unpaired) electrons. The first-order chi connectivity index (χ1) is 3.91. The fourth-order valence-electron chi connectivity index (χ4n) is 0.715. The molecule has 0 saturated carbocycles. The van der Waals surface area contributed by atoms with Crippen molar-refractivity contribution < 1.29 is 4.70 Å². The minimum atomic E-state index is 0. The third-order valence-electron chi connectivity index (χ3n) is 1.26. The Morgan fingerprint density at radius 3 is 2.33 bits per heavy atom. The van der Waals surface area contributed by atoms with E-state index in [9.17, 15) is 0 Å². The summed E-state index contributed by atoms with van der Waals surface area (Å²) in [4.78, 5) is 0. The molecule has 0 saturated heterocycles. The van der Waals surface area contributed by atoms with Crippen molar-refractivity contribution in [3.05, 3.63) is 12.7 Å². The zero-order valence-corrected chi connectivity index (χ0v) is 6.23. The number of allylic oxidation sites excluding steroid dienone is 1. The van der Waals surface area contributed by atoms with Crippen LogP contribution in [0, 0.1) is 0 Å². The van der Waals surface area contributed by atoms with Gasteiger partial charge in [-0.2, -0.15) is 0 Å². The Balaban J connectivity index is 0. The number of hydrogen-bond donors (Lipinski definition) is 0. The quantitative estimate of drug-likeness (QED) is 0.397. The number of rotatable bonds is 5. The van der Waals surface area contributed by atoms with Crippen molar-refractivity contribution in [2.75, 3.05) is 0 Å². The molecule has 0 aliphatic carbocycles. The molecule has 0 nitrogen and oxygen atoms in total. The van der Waals surface area contributed by atoms with Gasteiger partial charge in [0.25, 0.3) is 0 Å². The molecule has 0 spiro atoms. The van der Waals surface area contributed by atoms with Gasteiger partial charge >= 0.3 is 0 Å². The second-order valence-corrected chi connectivity index (χ2v) is 2.14. The lowest BCUT2D eigenvalue weighted by molar-refractivity contribution is 0.675. The van der Waals surface area contributed by atoms with Crippen LogP contribution >= 0.6 is 0 Å². The average molecular weight is 132 g/mol. The summed E-state index contributed by atoms with van der Waals surface area (Å²) < 4.78 is 0. The molecule has 0 N–H and O–H groups in total. The fraction of sp³-hybridized carbons (Fsp3) is 0.750. The molecule has 0 bridgehead atoms. The van der Waals surface area contributed by atoms with Gasteiger partial charge in [-0.1, -0.05) is 32.3 Å². The summed E-state index contributed by atoms with van der Waals surface area (Å²) in [6.07, 6.45) is 8.61. The van der Waals surface area contributed by atoms with E-state index in [1.54, 1.807) is 0 Å². The molecule has 0 fully saturated rings. The highest BCUT2D eigenvalue weighted by atomic mass is 19.0. The zero-order valence-electron chi connectivity index (χ0n) is 6.23. The van der Waals surface area contributed by atoms with E-state index in [0.29, 0.717) is 0 Å². The van der Waals surface area contributed by atoms with Crippen LogP contribution < -0.4 is 0 Å². The van der Waals surface area contributed by atoms with Crippen LogP contribution in [0.2, 0.25) is 0 Å². The SMILES string of the molecule is C=CCCCCCC.F. The van der Waals surface area contributed by atoms with E-state index in [1.165, 1.54) is 32.1 Å². The van der Waals surface area contributed by atoms with Gasteiger partial charge in [0, 0.05) is 0 Å². The minimum absolute atomic E-state index is 0. The van der Waals surface area contributed by atoms with Crippen LogP contribution in [0.15, 0.2) is 12.7 Å². The Kier molecular flexibility index (Phi) is 13.5. The highest BCUT2D eigenvalue weighted by Gasteiger charge is 1.81. The monoisotopic (exact) mass is 132 g/mol. The van der Waals surface area contributed by atoms with Crippen LogP contribution in [0.1, 0.15) is 39.0 Å². The Morgan fingerprint density at radius 2 is 1.89 bits per heavy atom. The maximum atomic E-state index is 3.66. The third-order valence-corrected chi connectivity index (χ3v) is 1.26. The van der Waals surface area contributed by atoms with Gasteiger partial charge in [0.1, 0.15) is 0 Å². The van der Waals surface area contributed by atoms with E-state index >= 15 is 0 Å². The maximum absolute atomic E-state index is 3.66. The topological polar surface area (TPSA) is 0 Å². The molecule has 0 aliphatic rings. The Bertz CT molecular complexity index is 50.5. The molecule has 0 aromatic carbocycles. The molecule has 0 amide bonds. The lowest BCUT2D eigenvalue weighted by Crippen LogP contribution is -1.71. The van der Waals surface area contributed by atoms with Crippen molar-refractivity contribution in [3.8, 4) is 0 Å². The van der Waals surface area contributed by atoms with Crippen molar-refractivity contribution in [3.63, 3.8) is 0 Å². The molecule has 0 aromatic heterocycles. The van der Waals surface area contributed by atoms with E-state index < -0.39 is 0 Å². The van der Waals surface area contributed by atoms with Gasteiger partial charge < -0.3 is 0 Å². The highest BCUT2D eigenvalue weighted by Crippen LogP contribution is 2.01. The molecule has 0 heterocycles. The van der Waals surface area contributed by atoms with Crippen LogP contribution in [-0.4, -0.2) is 0 Å². The van der Waals surface area contributed by atoms with Gasteiger partial charge in [0.2, 0.25) is 0 Å². The van der Waals surface area contributed by atoms with E-state index in [1.807, 2.05) is 6.08 Å². The molecule has 0 atom stereocenters. The molecule has 0 aromatic rings. The second-order valence-electron chi connectivity index (χ2n) is 2.14. The number of hydrogen-bond acceptors (Lipinski definition) is 0. The van der Waals surface area contributed by atoms with Crippen LogP contribution in [0.4, 0.5) is 4.70 Å². The van der Waals surface area contributed by atoms with E-state index in [0.717, 1.165) is 0 Å². The normalized spacial score (nSPS) is 8.11. The molecule has 9 heavy (non-hydrogen) atoms. The van der Waals surface area contributed by atoms with E-state index in [-0.39, 0.29) is 4.70 Å². The molecule has 56 valence electrons. The predicted molar refractivity (Wildman–Crippen MR) is 41.5 cm³/mol. The number of unbranched alkanes of at least 4 members (excludes halogenated alkanes) is 4. The van der Waals surface area contributed by atoms with Gasteiger partial charge in [0.05, 0.1) is 0 Å². The minimum Gasteiger partial charge on any atom is -0.269 e. The van der Waals surface area contributed by atoms with Crippen molar-refractivity contribution in [1.82, 2.24) is 0 Å². The molecular formula is C8H17F. The fourth-order valence-corrected chi connectivity index (χ4v) is 0.715. The summed E-state index contributed by atoms with van der Waals surface area (Å²) in [5.74, 6) is 0. The maximum Gasteiger partial charge on any atom is -0.0353 e. The van der Waals surface area contributed by atoms with Gasteiger partial charge in [-0.25, -0.2) is 0 Å². The lowest BCUT2D eigenvalue weighted by atomic mass is 10.2. The molecule has 1 heteroatoms. The predicted octanol–water partition coefficient (Wildman–Crippen LogP) is 3.30. The Hall–Kier alpha value is -0.330. The highest BCUT2D eigenvalue weighted by molar-refractivity contribution is 4.64. The standard InChI is InChI=1S/C8H16.FH/c1-3-5-7-8-6-4-2;/h3H,1,4-8H2,2H3;1H. The Labute approximate surface area is 57.3 Å². The van der Waals surface area contributed by atoms with Crippen molar-refractivity contribution in [2.24, 2.45) is 0 Å². The summed E-state index contributed by atoms with van der Waals surface area (Å²) in [5, 5.41) is 0. The van der Waals surface area contributed by atoms with E-state index in [4.69, 9.17) is 0 Å². The van der Waals surface area contributed by atoms with Crippen molar-refractivity contribution >= 4 is 0 Å². The second kappa shape index (κ2) is 10.6. The van der Waals surface area contributed by atoms with Gasteiger partial charge in [-0.3, -0.25) is 4.70 Å². The van der Waals surface area contributed by atoms with Crippen molar-refractivity contribution in [2.45, 2.75) is 39.0 Å². The average Bonchev–Trinajstić information content (AvgIpc) is 1.81. The largest absolute Gasteiger partial charge is 0.269 e. The molecule has 0 aliphatic heterocycles. The first-order valence-electron chi connectivity index (χ1n) is 3.52. The summed E-state index contributed by atoms with van der Waals surface area (Å²) in [5.41, 5.74) is 0. The summed E-state index contributed by atoms with van der Waals surface area (Å²) in [6, 6.07) is 0. The van der Waals surface area contributed by atoms with Crippen molar-refractivity contribution in [1.29, 1.82) is 0 Å². The number of halogens is 1. The van der Waals surface area contributed by atoms with Crippen LogP contribution in [0.25, 0.3) is 0 Å². The van der Waals surface area contributed by atoms with Gasteiger partial charge in [0.15, 0.2) is 0 Å². The smallest absolute Gasteiger partial charge is 0.0353 e. The first kappa shape index (κ1) is 11.5. The summed E-state index contributed by atoms with van der Waals surface area (Å²) in [7, 11) is 0. The Morgan fingerprint density at radius 1 is 1.22 bits per heavy atom.